The van der Waals surface area contributed by atoms with Gasteiger partial charge in [-0.2, -0.15) is 0 Å². The van der Waals surface area contributed by atoms with Crippen molar-refractivity contribution < 1.29 is 9.53 Å². The van der Waals surface area contributed by atoms with Crippen LogP contribution in [0.1, 0.15) is 30.2 Å². The van der Waals surface area contributed by atoms with Gasteiger partial charge in [-0.15, -0.1) is 0 Å². The molecule has 0 bridgehead atoms. The molecule has 0 fully saturated rings. The van der Waals surface area contributed by atoms with E-state index in [2.05, 4.69) is 28.4 Å². The number of fused-ring (bicyclic) bond motifs is 1. The minimum atomic E-state index is -0.408. The van der Waals surface area contributed by atoms with Crippen LogP contribution in [0.15, 0.2) is 42.6 Å². The van der Waals surface area contributed by atoms with Gasteiger partial charge in [0.05, 0.1) is 12.7 Å². The van der Waals surface area contributed by atoms with Gasteiger partial charge in [0.2, 0.25) is 0 Å². The van der Waals surface area contributed by atoms with Crippen LogP contribution >= 0.6 is 0 Å². The average molecular weight is 295 g/mol. The van der Waals surface area contributed by atoms with Crippen molar-refractivity contribution in [1.29, 1.82) is 0 Å². The molecule has 3 aromatic rings. The summed E-state index contributed by atoms with van der Waals surface area (Å²) in [7, 11) is 1.36. The molecule has 2 aromatic heterocycles. The smallest absolute Gasteiger partial charge is 0.339 e. The molecule has 0 aliphatic heterocycles. The Balaban J connectivity index is 2.24. The fraction of sp³-hybridized carbons (Fsp3) is 0.235. The minimum absolute atomic E-state index is 0.205. The molecule has 0 unspecified atom stereocenters. The number of hydrogen-bond donors (Lipinski definition) is 0. The van der Waals surface area contributed by atoms with Gasteiger partial charge in [-0.05, 0) is 19.9 Å². The zero-order chi connectivity index (χ0) is 15.7. The largest absolute Gasteiger partial charge is 0.465 e. The van der Waals surface area contributed by atoms with Gasteiger partial charge in [0, 0.05) is 17.8 Å². The number of hydrogen-bond acceptors (Lipinski definition) is 4. The van der Waals surface area contributed by atoms with Crippen molar-refractivity contribution >= 4 is 17.1 Å². The Morgan fingerprint density at radius 2 is 1.95 bits per heavy atom. The summed E-state index contributed by atoms with van der Waals surface area (Å²) in [4.78, 5) is 20.7. The van der Waals surface area contributed by atoms with Gasteiger partial charge >= 0.3 is 5.97 Å². The second-order valence-corrected chi connectivity index (χ2v) is 5.32. The molecular weight excluding hydrogens is 278 g/mol. The Morgan fingerprint density at radius 1 is 1.23 bits per heavy atom. The van der Waals surface area contributed by atoms with Crippen LogP contribution in [0.4, 0.5) is 0 Å². The molecule has 1 aromatic carbocycles. The van der Waals surface area contributed by atoms with Crippen LogP contribution < -0.4 is 0 Å². The van der Waals surface area contributed by atoms with E-state index in [9.17, 15) is 4.79 Å². The third kappa shape index (κ3) is 2.35. The van der Waals surface area contributed by atoms with Crippen molar-refractivity contribution in [3.63, 3.8) is 0 Å². The summed E-state index contributed by atoms with van der Waals surface area (Å²) in [6.07, 6.45) is 1.53. The van der Waals surface area contributed by atoms with E-state index in [1.165, 1.54) is 13.3 Å². The Hall–Kier alpha value is -2.69. The Bertz CT molecular complexity index is 823. The molecule has 112 valence electrons. The quantitative estimate of drug-likeness (QED) is 0.694. The highest BCUT2D eigenvalue weighted by Crippen LogP contribution is 2.27. The van der Waals surface area contributed by atoms with Gasteiger partial charge in [0.1, 0.15) is 11.3 Å². The van der Waals surface area contributed by atoms with E-state index >= 15 is 0 Å². The maximum atomic E-state index is 11.7. The molecule has 5 heteroatoms. The maximum Gasteiger partial charge on any atom is 0.339 e. The molecule has 0 saturated carbocycles. The van der Waals surface area contributed by atoms with E-state index in [1.54, 1.807) is 6.07 Å². The fourth-order valence-electron chi connectivity index (χ4n) is 2.49. The SMILES string of the molecule is COC(=O)c1cnc2c(c1)nc(-c1ccccc1)n2C(C)C. The number of imidazole rings is 1. The van der Waals surface area contributed by atoms with Crippen molar-refractivity contribution in [2.75, 3.05) is 7.11 Å². The van der Waals surface area contributed by atoms with Gasteiger partial charge in [-0.1, -0.05) is 30.3 Å². The zero-order valence-electron chi connectivity index (χ0n) is 12.8. The van der Waals surface area contributed by atoms with E-state index in [1.807, 2.05) is 30.3 Å². The highest BCUT2D eigenvalue weighted by Gasteiger charge is 2.17. The number of carbonyl (C=O) groups excluding carboxylic acids is 1. The first-order valence-corrected chi connectivity index (χ1v) is 7.13. The van der Waals surface area contributed by atoms with Crippen LogP contribution in [-0.2, 0) is 4.74 Å². The first-order chi connectivity index (χ1) is 10.6. The molecule has 0 aliphatic rings. The molecule has 0 amide bonds. The van der Waals surface area contributed by atoms with Gasteiger partial charge in [0.15, 0.2) is 5.65 Å². The highest BCUT2D eigenvalue weighted by atomic mass is 16.5. The molecule has 0 saturated heterocycles. The highest BCUT2D eigenvalue weighted by molar-refractivity contribution is 5.92. The molecule has 0 radical (unpaired) electrons. The number of aromatic nitrogens is 3. The summed E-state index contributed by atoms with van der Waals surface area (Å²) in [6.45, 7) is 4.17. The van der Waals surface area contributed by atoms with Crippen LogP contribution in [-0.4, -0.2) is 27.6 Å². The number of pyridine rings is 1. The second kappa shape index (κ2) is 5.60. The Morgan fingerprint density at radius 3 is 2.59 bits per heavy atom. The minimum Gasteiger partial charge on any atom is -0.465 e. The van der Waals surface area contributed by atoms with Crippen LogP contribution in [0.5, 0.6) is 0 Å². The molecular formula is C17H17N3O2. The number of rotatable bonds is 3. The number of benzene rings is 1. The Labute approximate surface area is 128 Å². The van der Waals surface area contributed by atoms with Crippen molar-refractivity contribution in [1.82, 2.24) is 14.5 Å². The van der Waals surface area contributed by atoms with Crippen molar-refractivity contribution in [3.05, 3.63) is 48.2 Å². The van der Waals surface area contributed by atoms with E-state index in [-0.39, 0.29) is 6.04 Å². The van der Waals surface area contributed by atoms with Crippen LogP contribution in [0.25, 0.3) is 22.6 Å². The van der Waals surface area contributed by atoms with Crippen LogP contribution in [0.2, 0.25) is 0 Å². The average Bonchev–Trinajstić information content (AvgIpc) is 2.93. The fourth-order valence-corrected chi connectivity index (χ4v) is 2.49. The number of ether oxygens (including phenoxy) is 1. The van der Waals surface area contributed by atoms with Gasteiger partial charge in [0.25, 0.3) is 0 Å². The number of carbonyl (C=O) groups is 1. The van der Waals surface area contributed by atoms with E-state index < -0.39 is 5.97 Å². The lowest BCUT2D eigenvalue weighted by molar-refractivity contribution is 0.0600. The van der Waals surface area contributed by atoms with E-state index in [4.69, 9.17) is 4.74 Å². The Kier molecular flexibility index (Phi) is 3.63. The number of esters is 1. The predicted octanol–water partition coefficient (Wildman–Crippen LogP) is 3.47. The molecule has 0 spiro atoms. The van der Waals surface area contributed by atoms with Crippen LogP contribution in [0, 0.1) is 0 Å². The standard InChI is InChI=1S/C17H17N3O2/c1-11(2)20-15(12-7-5-4-6-8-12)19-14-9-13(17(21)22-3)10-18-16(14)20/h4-11H,1-3H3. The third-order valence-corrected chi connectivity index (χ3v) is 3.50. The summed E-state index contributed by atoms with van der Waals surface area (Å²) in [6, 6.07) is 11.9. The lowest BCUT2D eigenvalue weighted by Crippen LogP contribution is -2.05. The molecule has 0 N–H and O–H groups in total. The van der Waals surface area contributed by atoms with Gasteiger partial charge in [-0.25, -0.2) is 14.8 Å². The van der Waals surface area contributed by atoms with Crippen molar-refractivity contribution in [2.24, 2.45) is 0 Å². The van der Waals surface area contributed by atoms with E-state index in [0.717, 1.165) is 17.0 Å². The molecule has 3 rings (SSSR count). The maximum absolute atomic E-state index is 11.7. The normalized spacial score (nSPS) is 11.1. The molecule has 0 atom stereocenters. The third-order valence-electron chi connectivity index (χ3n) is 3.50. The lowest BCUT2D eigenvalue weighted by Gasteiger charge is -2.12. The van der Waals surface area contributed by atoms with Gasteiger partial charge < -0.3 is 9.30 Å². The monoisotopic (exact) mass is 295 g/mol. The van der Waals surface area contributed by atoms with Gasteiger partial charge in [-0.3, -0.25) is 0 Å². The topological polar surface area (TPSA) is 57.0 Å². The first-order valence-electron chi connectivity index (χ1n) is 7.13. The number of nitrogens with zero attached hydrogens (tertiary/aromatic N) is 3. The summed E-state index contributed by atoms with van der Waals surface area (Å²) in [5, 5.41) is 0. The summed E-state index contributed by atoms with van der Waals surface area (Å²) >= 11 is 0. The summed E-state index contributed by atoms with van der Waals surface area (Å²) < 4.78 is 6.82. The van der Waals surface area contributed by atoms with Crippen molar-refractivity contribution in [3.8, 4) is 11.4 Å². The van der Waals surface area contributed by atoms with E-state index in [0.29, 0.717) is 11.1 Å². The molecule has 2 heterocycles. The molecule has 0 aliphatic carbocycles. The molecule has 5 nitrogen and oxygen atoms in total. The van der Waals surface area contributed by atoms with Crippen molar-refractivity contribution in [2.45, 2.75) is 19.9 Å². The zero-order valence-corrected chi connectivity index (χ0v) is 12.8. The summed E-state index contributed by atoms with van der Waals surface area (Å²) in [5.41, 5.74) is 2.88. The lowest BCUT2D eigenvalue weighted by atomic mass is 10.2. The first kappa shape index (κ1) is 14.3. The number of methoxy groups -OCH3 is 1. The second-order valence-electron chi connectivity index (χ2n) is 5.32. The molecule has 22 heavy (non-hydrogen) atoms. The van der Waals surface area contributed by atoms with Crippen LogP contribution in [0.3, 0.4) is 0 Å². The summed E-state index contributed by atoms with van der Waals surface area (Å²) in [5.74, 6) is 0.440. The predicted molar refractivity (Wildman–Crippen MR) is 84.7 cm³/mol.